The van der Waals surface area contributed by atoms with Gasteiger partial charge in [-0.1, -0.05) is 70.8 Å². The van der Waals surface area contributed by atoms with Crippen molar-refractivity contribution in [2.24, 2.45) is 0 Å². The normalized spacial score (nSPS) is 13.0. The van der Waals surface area contributed by atoms with Crippen molar-refractivity contribution in [1.29, 1.82) is 0 Å². The largest absolute Gasteiger partial charge is 0.472 e. The van der Waals surface area contributed by atoms with Crippen LogP contribution in [-0.2, 0) is 13.6 Å². The maximum Gasteiger partial charge on any atom is 0.472 e. The van der Waals surface area contributed by atoms with Gasteiger partial charge in [-0.25, -0.2) is 4.57 Å². The Labute approximate surface area is 183 Å². The first-order valence-corrected chi connectivity index (χ1v) is 12.7. The molecule has 1 atom stereocenters. The van der Waals surface area contributed by atoms with E-state index in [0.717, 1.165) is 12.8 Å². The van der Waals surface area contributed by atoms with Crippen LogP contribution >= 0.6 is 7.82 Å². The molecular weight excluding hydrogens is 409 g/mol. The highest BCUT2D eigenvalue weighted by atomic mass is 31.2. The molecular formula is C21H46NO7P. The van der Waals surface area contributed by atoms with E-state index < -0.39 is 7.82 Å². The minimum atomic E-state index is -3.86. The molecule has 4 N–H and O–H groups in total. The van der Waals surface area contributed by atoms with Crippen molar-refractivity contribution < 1.29 is 33.8 Å². The third-order valence-electron chi connectivity index (χ3n) is 4.36. The zero-order valence-electron chi connectivity index (χ0n) is 18.9. The zero-order valence-corrected chi connectivity index (χ0v) is 19.8. The fourth-order valence-corrected chi connectivity index (χ4v) is 3.44. The van der Waals surface area contributed by atoms with Crippen LogP contribution in [0, 0.1) is 0 Å². The van der Waals surface area contributed by atoms with Crippen LogP contribution in [0.5, 0.6) is 0 Å². The number of rotatable bonds is 21. The van der Waals surface area contributed by atoms with Crippen LogP contribution in [0.25, 0.3) is 0 Å². The highest BCUT2D eigenvalue weighted by molar-refractivity contribution is 7.47. The summed E-state index contributed by atoms with van der Waals surface area (Å²) < 4.78 is 20.8. The number of hydrogen-bond donors (Lipinski definition) is 4. The van der Waals surface area contributed by atoms with Crippen molar-refractivity contribution in [2.45, 2.75) is 71.1 Å². The van der Waals surface area contributed by atoms with Gasteiger partial charge in [0.2, 0.25) is 0 Å². The third-order valence-corrected chi connectivity index (χ3v) is 5.34. The Bertz CT molecular complexity index is 385. The van der Waals surface area contributed by atoms with Gasteiger partial charge < -0.3 is 20.2 Å². The lowest BCUT2D eigenvalue weighted by Gasteiger charge is -2.17. The number of phosphoric ester groups is 1. The summed E-state index contributed by atoms with van der Waals surface area (Å²) in [5.41, 5.74) is 0. The molecule has 0 saturated carbocycles. The Hall–Kier alpha value is -0.310. The summed E-state index contributed by atoms with van der Waals surface area (Å²) in [6.45, 7) is 7.71. The van der Waals surface area contributed by atoms with E-state index in [0.29, 0.717) is 19.6 Å². The average molecular weight is 456 g/mol. The Kier molecular flexibility index (Phi) is 26.5. The highest BCUT2D eigenvalue weighted by Gasteiger charge is 2.19. The molecule has 182 valence electrons. The van der Waals surface area contributed by atoms with Gasteiger partial charge in [0.05, 0.1) is 33.0 Å². The second-order valence-corrected chi connectivity index (χ2v) is 8.53. The number of phosphoric acid groups is 1. The molecule has 0 rings (SSSR count). The molecule has 0 bridgehead atoms. The molecule has 0 saturated heterocycles. The summed E-state index contributed by atoms with van der Waals surface area (Å²) in [6, 6.07) is 0. The SMILES string of the molecule is C=CCOP(=O)(O)OCCCCCCCCCCCC.OCCN(CCO)CCO. The molecule has 0 aromatic heterocycles. The van der Waals surface area contributed by atoms with E-state index in [2.05, 4.69) is 18.0 Å². The molecule has 0 aliphatic heterocycles. The van der Waals surface area contributed by atoms with Gasteiger partial charge in [-0.2, -0.15) is 0 Å². The lowest BCUT2D eigenvalue weighted by molar-refractivity contribution is 0.136. The molecule has 0 fully saturated rings. The molecule has 30 heavy (non-hydrogen) atoms. The van der Waals surface area contributed by atoms with Crippen molar-refractivity contribution >= 4 is 7.82 Å². The molecule has 0 amide bonds. The molecule has 8 nitrogen and oxygen atoms in total. The maximum atomic E-state index is 11.3. The number of aliphatic hydroxyl groups is 3. The Morgan fingerprint density at radius 1 is 0.800 bits per heavy atom. The molecule has 1 unspecified atom stereocenters. The predicted molar refractivity (Wildman–Crippen MR) is 121 cm³/mol. The molecule has 0 aliphatic carbocycles. The fraction of sp³-hybridized carbons (Fsp3) is 0.905. The van der Waals surface area contributed by atoms with Gasteiger partial charge in [-0.15, -0.1) is 6.58 Å². The molecule has 9 heteroatoms. The van der Waals surface area contributed by atoms with Crippen molar-refractivity contribution in [1.82, 2.24) is 4.90 Å². The van der Waals surface area contributed by atoms with Gasteiger partial charge in [-0.05, 0) is 6.42 Å². The standard InChI is InChI=1S/C15H31O4P.C6H15NO3/c1-3-5-6-7-8-9-10-11-12-13-15-19-20(16,17)18-14-4-2;8-4-1-7(2-5-9)3-6-10/h4H,2-3,5-15H2,1H3,(H,16,17);8-10H,1-6H2. The number of nitrogens with zero attached hydrogens (tertiary/aromatic N) is 1. The molecule has 0 aliphatic rings. The van der Waals surface area contributed by atoms with Gasteiger partial charge in [0.15, 0.2) is 0 Å². The van der Waals surface area contributed by atoms with Crippen LogP contribution in [0.4, 0.5) is 0 Å². The van der Waals surface area contributed by atoms with Crippen LogP contribution in [0.1, 0.15) is 71.1 Å². The molecule has 0 spiro atoms. The van der Waals surface area contributed by atoms with Crippen molar-refractivity contribution in [3.8, 4) is 0 Å². The minimum absolute atomic E-state index is 0.0335. The highest BCUT2D eigenvalue weighted by Crippen LogP contribution is 2.43. The lowest BCUT2D eigenvalue weighted by atomic mass is 10.1. The Morgan fingerprint density at radius 2 is 1.23 bits per heavy atom. The minimum Gasteiger partial charge on any atom is -0.395 e. The summed E-state index contributed by atoms with van der Waals surface area (Å²) in [5.74, 6) is 0. The summed E-state index contributed by atoms with van der Waals surface area (Å²) in [4.78, 5) is 11.0. The summed E-state index contributed by atoms with van der Waals surface area (Å²) in [5, 5.41) is 25.5. The number of unbranched alkanes of at least 4 members (excludes halogenated alkanes) is 9. The molecule has 0 heterocycles. The average Bonchev–Trinajstić information content (AvgIpc) is 2.71. The van der Waals surface area contributed by atoms with Gasteiger partial charge in [0, 0.05) is 19.6 Å². The summed E-state index contributed by atoms with van der Waals surface area (Å²) >= 11 is 0. The predicted octanol–water partition coefficient (Wildman–Crippen LogP) is 3.49. The van der Waals surface area contributed by atoms with E-state index in [1.54, 1.807) is 4.90 Å². The van der Waals surface area contributed by atoms with E-state index in [1.165, 1.54) is 57.4 Å². The van der Waals surface area contributed by atoms with Crippen molar-refractivity contribution in [2.75, 3.05) is 52.7 Å². The van der Waals surface area contributed by atoms with Gasteiger partial charge in [0.25, 0.3) is 0 Å². The van der Waals surface area contributed by atoms with Crippen LogP contribution < -0.4 is 0 Å². The Balaban J connectivity index is 0. The summed E-state index contributed by atoms with van der Waals surface area (Å²) in [6.07, 6.45) is 13.7. The van der Waals surface area contributed by atoms with Crippen molar-refractivity contribution in [3.63, 3.8) is 0 Å². The number of hydrogen-bond acceptors (Lipinski definition) is 7. The van der Waals surface area contributed by atoms with Gasteiger partial charge >= 0.3 is 7.82 Å². The van der Waals surface area contributed by atoms with Crippen LogP contribution in [-0.4, -0.2) is 77.8 Å². The molecule has 0 aromatic carbocycles. The van der Waals surface area contributed by atoms with Crippen LogP contribution in [0.3, 0.4) is 0 Å². The second-order valence-electron chi connectivity index (χ2n) is 7.08. The maximum absolute atomic E-state index is 11.3. The Morgan fingerprint density at radius 3 is 1.63 bits per heavy atom. The zero-order chi connectivity index (χ0) is 22.9. The van der Waals surface area contributed by atoms with Crippen LogP contribution in [0.15, 0.2) is 12.7 Å². The van der Waals surface area contributed by atoms with E-state index in [9.17, 15) is 9.46 Å². The fourth-order valence-electron chi connectivity index (χ4n) is 2.71. The summed E-state index contributed by atoms with van der Waals surface area (Å²) in [7, 11) is -3.86. The smallest absolute Gasteiger partial charge is 0.395 e. The molecule has 0 aromatic rings. The lowest BCUT2D eigenvalue weighted by Crippen LogP contribution is -2.32. The van der Waals surface area contributed by atoms with E-state index in [-0.39, 0.29) is 33.0 Å². The first kappa shape index (κ1) is 31.9. The molecule has 0 radical (unpaired) electrons. The van der Waals surface area contributed by atoms with Crippen LogP contribution in [0.2, 0.25) is 0 Å². The van der Waals surface area contributed by atoms with E-state index >= 15 is 0 Å². The van der Waals surface area contributed by atoms with E-state index in [1.807, 2.05) is 0 Å². The van der Waals surface area contributed by atoms with E-state index in [4.69, 9.17) is 19.8 Å². The topological polar surface area (TPSA) is 120 Å². The monoisotopic (exact) mass is 455 g/mol. The van der Waals surface area contributed by atoms with Gasteiger partial charge in [0.1, 0.15) is 0 Å². The quantitative estimate of drug-likeness (QED) is 0.118. The second kappa shape index (κ2) is 25.0. The third kappa shape index (κ3) is 25.7. The van der Waals surface area contributed by atoms with Gasteiger partial charge in [-0.3, -0.25) is 13.9 Å². The number of aliphatic hydroxyl groups excluding tert-OH is 3. The first-order chi connectivity index (χ1) is 14.5. The first-order valence-electron chi connectivity index (χ1n) is 11.2. The van der Waals surface area contributed by atoms with Crippen molar-refractivity contribution in [3.05, 3.63) is 12.7 Å².